The van der Waals surface area contributed by atoms with Gasteiger partial charge in [-0.3, -0.25) is 4.79 Å². The lowest BCUT2D eigenvalue weighted by atomic mass is 9.80. The van der Waals surface area contributed by atoms with E-state index >= 15 is 0 Å². The van der Waals surface area contributed by atoms with Gasteiger partial charge in [0.2, 0.25) is 0 Å². The van der Waals surface area contributed by atoms with Gasteiger partial charge in [0, 0.05) is 0 Å². The van der Waals surface area contributed by atoms with Gasteiger partial charge in [-0.2, -0.15) is 0 Å². The van der Waals surface area contributed by atoms with Crippen LogP contribution in [0.25, 0.3) is 0 Å². The molecule has 4 nitrogen and oxygen atoms in total. The van der Waals surface area contributed by atoms with Gasteiger partial charge in [0.25, 0.3) is 0 Å². The van der Waals surface area contributed by atoms with Crippen molar-refractivity contribution in [1.29, 1.82) is 0 Å². The highest BCUT2D eigenvalue weighted by atomic mass is 16.5. The molecule has 0 aliphatic rings. The van der Waals surface area contributed by atoms with Gasteiger partial charge in [-0.25, -0.2) is 0 Å². The SMILES string of the molecule is O=C(OCc1ccccc1)[C@@H](COC(c1ccccc1)(c1ccccc1)c1ccccc1)[C@H](O)CCc1cccc(CCc2ccccc2)c1. The van der Waals surface area contributed by atoms with Crippen LogP contribution >= 0.6 is 0 Å². The van der Waals surface area contributed by atoms with Crippen LogP contribution < -0.4 is 0 Å². The molecule has 0 aliphatic heterocycles. The minimum Gasteiger partial charge on any atom is -0.460 e. The van der Waals surface area contributed by atoms with E-state index in [-0.39, 0.29) is 13.2 Å². The highest BCUT2D eigenvalue weighted by Gasteiger charge is 2.40. The van der Waals surface area contributed by atoms with E-state index in [1.165, 1.54) is 11.1 Å². The minimum absolute atomic E-state index is 0.0510. The monoisotopic (exact) mass is 660 g/mol. The van der Waals surface area contributed by atoms with Crippen LogP contribution in [0.5, 0.6) is 0 Å². The Morgan fingerprint density at radius 2 is 0.940 bits per heavy atom. The van der Waals surface area contributed by atoms with Gasteiger partial charge in [-0.15, -0.1) is 0 Å². The minimum atomic E-state index is -1.03. The van der Waals surface area contributed by atoms with Crippen molar-refractivity contribution in [2.24, 2.45) is 5.92 Å². The molecule has 6 aromatic carbocycles. The summed E-state index contributed by atoms with van der Waals surface area (Å²) in [6.07, 6.45) is 1.90. The van der Waals surface area contributed by atoms with Crippen molar-refractivity contribution in [2.45, 2.75) is 44.0 Å². The number of aliphatic hydroxyl groups is 1. The maximum absolute atomic E-state index is 13.9. The molecule has 0 heterocycles. The highest BCUT2D eigenvalue weighted by Crippen LogP contribution is 2.41. The molecule has 252 valence electrons. The third-order valence-corrected chi connectivity index (χ3v) is 9.28. The Hall–Kier alpha value is -5.29. The largest absolute Gasteiger partial charge is 0.460 e. The summed E-state index contributed by atoms with van der Waals surface area (Å²) in [6.45, 7) is 0.0676. The molecule has 0 amide bonds. The summed E-state index contributed by atoms with van der Waals surface area (Å²) in [5.41, 5.74) is 6.31. The molecule has 0 bridgehead atoms. The first-order chi connectivity index (χ1) is 24.6. The Balaban J connectivity index is 1.25. The average Bonchev–Trinajstić information content (AvgIpc) is 3.19. The van der Waals surface area contributed by atoms with Crippen molar-refractivity contribution in [1.82, 2.24) is 0 Å². The van der Waals surface area contributed by atoms with Crippen LogP contribution in [0.3, 0.4) is 0 Å². The highest BCUT2D eigenvalue weighted by molar-refractivity contribution is 5.73. The first kappa shape index (κ1) is 34.6. The van der Waals surface area contributed by atoms with Gasteiger partial charge in [0.15, 0.2) is 0 Å². The van der Waals surface area contributed by atoms with Gasteiger partial charge < -0.3 is 14.6 Å². The third-order valence-electron chi connectivity index (χ3n) is 9.28. The molecule has 2 atom stereocenters. The zero-order valence-electron chi connectivity index (χ0n) is 28.3. The van der Waals surface area contributed by atoms with Crippen LogP contribution in [0.15, 0.2) is 176 Å². The topological polar surface area (TPSA) is 55.8 Å². The smallest absolute Gasteiger partial charge is 0.314 e. The van der Waals surface area contributed by atoms with Crippen molar-refractivity contribution in [3.63, 3.8) is 0 Å². The van der Waals surface area contributed by atoms with E-state index < -0.39 is 23.6 Å². The molecule has 0 aromatic heterocycles. The van der Waals surface area contributed by atoms with Crippen molar-refractivity contribution in [2.75, 3.05) is 6.61 Å². The number of carbonyl (C=O) groups is 1. The molecule has 0 aliphatic carbocycles. The van der Waals surface area contributed by atoms with Gasteiger partial charge in [-0.1, -0.05) is 176 Å². The summed E-state index contributed by atoms with van der Waals surface area (Å²) >= 11 is 0. The summed E-state index contributed by atoms with van der Waals surface area (Å²) in [4.78, 5) is 13.9. The van der Waals surface area contributed by atoms with Crippen LogP contribution in [0.1, 0.15) is 45.4 Å². The maximum Gasteiger partial charge on any atom is 0.314 e. The Kier molecular flexibility index (Phi) is 12.0. The Morgan fingerprint density at radius 3 is 1.46 bits per heavy atom. The summed E-state index contributed by atoms with van der Waals surface area (Å²) in [5, 5.41) is 11.8. The normalized spacial score (nSPS) is 12.6. The molecule has 0 spiro atoms. The number of rotatable bonds is 16. The second-order valence-corrected chi connectivity index (χ2v) is 12.7. The maximum atomic E-state index is 13.9. The first-order valence-electron chi connectivity index (χ1n) is 17.4. The summed E-state index contributed by atoms with van der Waals surface area (Å²) in [6, 6.07) is 58.8. The van der Waals surface area contributed by atoms with E-state index in [0.717, 1.165) is 40.7 Å². The van der Waals surface area contributed by atoms with Gasteiger partial charge in [0.1, 0.15) is 18.1 Å². The number of carbonyl (C=O) groups excluding carboxylic acids is 1. The molecule has 0 unspecified atom stereocenters. The van der Waals surface area contributed by atoms with Crippen LogP contribution in [0.2, 0.25) is 0 Å². The van der Waals surface area contributed by atoms with Crippen molar-refractivity contribution in [3.8, 4) is 0 Å². The lowest BCUT2D eigenvalue weighted by Gasteiger charge is -2.37. The molecule has 50 heavy (non-hydrogen) atoms. The third kappa shape index (κ3) is 8.83. The van der Waals surface area contributed by atoms with E-state index in [9.17, 15) is 9.90 Å². The number of aliphatic hydroxyl groups excluding tert-OH is 1. The molecule has 4 heteroatoms. The van der Waals surface area contributed by atoms with Crippen LogP contribution in [0.4, 0.5) is 0 Å². The molecular weight excluding hydrogens is 617 g/mol. The second-order valence-electron chi connectivity index (χ2n) is 12.7. The van der Waals surface area contributed by atoms with Gasteiger partial charge >= 0.3 is 5.97 Å². The quantitative estimate of drug-likeness (QED) is 0.0831. The lowest BCUT2D eigenvalue weighted by molar-refractivity contribution is -0.159. The van der Waals surface area contributed by atoms with Crippen LogP contribution in [0, 0.1) is 5.92 Å². The number of ether oxygens (including phenoxy) is 2. The molecule has 1 N–H and O–H groups in total. The van der Waals surface area contributed by atoms with E-state index in [1.54, 1.807) is 0 Å². The Morgan fingerprint density at radius 1 is 0.520 bits per heavy atom. The fraction of sp³-hybridized carbons (Fsp3) is 0.196. The Labute approximate surface area is 296 Å². The van der Waals surface area contributed by atoms with Crippen LogP contribution in [-0.4, -0.2) is 23.8 Å². The van der Waals surface area contributed by atoms with Gasteiger partial charge in [0.05, 0.1) is 12.7 Å². The molecule has 0 saturated heterocycles. The number of benzene rings is 6. The molecular formula is C46H44O4. The average molecular weight is 661 g/mol. The predicted octanol–water partition coefficient (Wildman–Crippen LogP) is 9.13. The molecule has 0 radical (unpaired) electrons. The standard InChI is InChI=1S/C46H44O4/c47-44(32-31-38-22-16-21-37(33-38)30-29-36-17-6-1-7-18-36)43(45(48)49-34-39-19-8-2-9-20-39)35-50-46(40-23-10-3-11-24-40,41-25-12-4-13-26-41)42-27-14-5-15-28-42/h1-28,33,43-44,47H,29-32,34-35H2/t43-,44+/m0/s1. The number of hydrogen-bond donors (Lipinski definition) is 1. The Bertz CT molecular complexity index is 1780. The van der Waals surface area contributed by atoms with Crippen molar-refractivity contribution < 1.29 is 19.4 Å². The number of aryl methyl sites for hydroxylation is 3. The fourth-order valence-electron chi connectivity index (χ4n) is 6.55. The van der Waals surface area contributed by atoms with E-state index in [1.807, 2.05) is 127 Å². The fourth-order valence-corrected chi connectivity index (χ4v) is 6.55. The molecule has 6 aromatic rings. The number of esters is 1. The summed E-state index contributed by atoms with van der Waals surface area (Å²) < 4.78 is 12.9. The van der Waals surface area contributed by atoms with Crippen LogP contribution in [-0.2, 0) is 45.7 Å². The molecule has 0 saturated carbocycles. The summed E-state index contributed by atoms with van der Waals surface area (Å²) in [7, 11) is 0. The molecule has 0 fully saturated rings. The van der Waals surface area contributed by atoms with E-state index in [4.69, 9.17) is 9.47 Å². The van der Waals surface area contributed by atoms with Crippen molar-refractivity contribution >= 4 is 5.97 Å². The predicted molar refractivity (Wildman–Crippen MR) is 200 cm³/mol. The number of hydrogen-bond acceptors (Lipinski definition) is 4. The first-order valence-corrected chi connectivity index (χ1v) is 17.4. The van der Waals surface area contributed by atoms with E-state index in [0.29, 0.717) is 12.8 Å². The second kappa shape index (κ2) is 17.4. The lowest BCUT2D eigenvalue weighted by Crippen LogP contribution is -2.40. The zero-order valence-corrected chi connectivity index (χ0v) is 28.3. The van der Waals surface area contributed by atoms with Crippen molar-refractivity contribution in [3.05, 3.63) is 215 Å². The van der Waals surface area contributed by atoms with Gasteiger partial charge in [-0.05, 0) is 64.6 Å². The van der Waals surface area contributed by atoms with E-state index in [2.05, 4.69) is 48.5 Å². The zero-order chi connectivity index (χ0) is 34.4. The summed E-state index contributed by atoms with van der Waals surface area (Å²) in [5.74, 6) is -1.41. The molecule has 6 rings (SSSR count).